The lowest BCUT2D eigenvalue weighted by Crippen LogP contribution is -2.44. The van der Waals surface area contributed by atoms with Crippen LogP contribution < -0.4 is 10.5 Å². The summed E-state index contributed by atoms with van der Waals surface area (Å²) in [7, 11) is 3.38. The molecule has 1 saturated carbocycles. The number of ether oxygens (including phenoxy) is 2. The summed E-state index contributed by atoms with van der Waals surface area (Å²) < 4.78 is 11.7. The Labute approximate surface area is 110 Å². The third-order valence-electron chi connectivity index (χ3n) is 3.41. The lowest BCUT2D eigenvalue weighted by molar-refractivity contribution is 0.176. The lowest BCUT2D eigenvalue weighted by Gasteiger charge is -2.40. The van der Waals surface area contributed by atoms with Crippen molar-refractivity contribution in [1.29, 1.82) is 0 Å². The number of hydrogen-bond acceptors (Lipinski definition) is 3. The van der Waals surface area contributed by atoms with E-state index in [1.54, 1.807) is 14.2 Å². The number of methoxy groups -OCH3 is 2. The zero-order valence-electron chi connectivity index (χ0n) is 10.3. The van der Waals surface area contributed by atoms with Crippen molar-refractivity contribution in [3.8, 4) is 5.75 Å². The smallest absolute Gasteiger partial charge is 0.125 e. The van der Waals surface area contributed by atoms with Crippen LogP contribution in [0.5, 0.6) is 5.75 Å². The number of benzene rings is 1. The minimum absolute atomic E-state index is 0.236. The fourth-order valence-corrected chi connectivity index (χ4v) is 2.92. The third kappa shape index (κ3) is 2.34. The Morgan fingerprint density at radius 2 is 2.06 bits per heavy atom. The van der Waals surface area contributed by atoms with Crippen LogP contribution in [0.3, 0.4) is 0 Å². The molecular formula is C13H18BrNO2. The van der Waals surface area contributed by atoms with Gasteiger partial charge in [-0.2, -0.15) is 0 Å². The first-order valence-corrected chi connectivity index (χ1v) is 6.55. The van der Waals surface area contributed by atoms with Gasteiger partial charge in [-0.25, -0.2) is 0 Å². The highest BCUT2D eigenvalue weighted by Crippen LogP contribution is 2.45. The van der Waals surface area contributed by atoms with Gasteiger partial charge < -0.3 is 15.2 Å². The van der Waals surface area contributed by atoms with E-state index in [0.29, 0.717) is 6.61 Å². The number of hydrogen-bond donors (Lipinski definition) is 1. The van der Waals surface area contributed by atoms with E-state index in [9.17, 15) is 0 Å². The predicted molar refractivity (Wildman–Crippen MR) is 71.1 cm³/mol. The van der Waals surface area contributed by atoms with Gasteiger partial charge in [-0.15, -0.1) is 0 Å². The molecule has 0 unspecified atom stereocenters. The fraction of sp³-hybridized carbons (Fsp3) is 0.538. The average molecular weight is 300 g/mol. The molecule has 1 aromatic carbocycles. The van der Waals surface area contributed by atoms with Gasteiger partial charge in [-0.05, 0) is 37.0 Å². The van der Waals surface area contributed by atoms with Crippen LogP contribution in [0.4, 0.5) is 0 Å². The molecule has 0 spiro atoms. The largest absolute Gasteiger partial charge is 0.496 e. The third-order valence-corrected chi connectivity index (χ3v) is 3.87. The zero-order valence-corrected chi connectivity index (χ0v) is 11.8. The second-order valence-electron chi connectivity index (χ2n) is 4.58. The van der Waals surface area contributed by atoms with Crippen molar-refractivity contribution in [1.82, 2.24) is 0 Å². The van der Waals surface area contributed by atoms with E-state index in [2.05, 4.69) is 22.0 Å². The number of rotatable bonds is 4. The quantitative estimate of drug-likeness (QED) is 0.930. The van der Waals surface area contributed by atoms with Crippen LogP contribution in [0.1, 0.15) is 30.4 Å². The first-order valence-electron chi connectivity index (χ1n) is 5.75. The average Bonchev–Trinajstić information content (AvgIpc) is 2.25. The van der Waals surface area contributed by atoms with E-state index in [-0.39, 0.29) is 5.54 Å². The highest BCUT2D eigenvalue weighted by molar-refractivity contribution is 9.10. The second-order valence-corrected chi connectivity index (χ2v) is 5.50. The summed E-state index contributed by atoms with van der Waals surface area (Å²) in [6, 6.07) is 4.04. The molecule has 1 aliphatic carbocycles. The van der Waals surface area contributed by atoms with E-state index in [1.807, 2.05) is 6.07 Å². The molecule has 0 atom stereocenters. The summed E-state index contributed by atoms with van der Waals surface area (Å²) in [5.41, 5.74) is 8.41. The summed E-state index contributed by atoms with van der Waals surface area (Å²) in [5.74, 6) is 0.855. The van der Waals surface area contributed by atoms with Crippen molar-refractivity contribution in [3.63, 3.8) is 0 Å². The van der Waals surface area contributed by atoms with E-state index in [4.69, 9.17) is 15.2 Å². The van der Waals surface area contributed by atoms with Crippen LogP contribution in [0.2, 0.25) is 0 Å². The Bertz CT molecular complexity index is 416. The molecule has 4 heteroatoms. The van der Waals surface area contributed by atoms with Crippen molar-refractivity contribution in [3.05, 3.63) is 27.7 Å². The molecule has 2 N–H and O–H groups in total. The zero-order chi connectivity index (χ0) is 12.5. The monoisotopic (exact) mass is 299 g/mol. The van der Waals surface area contributed by atoms with Crippen LogP contribution in [0, 0.1) is 0 Å². The molecule has 0 radical (unpaired) electrons. The first-order chi connectivity index (χ1) is 8.10. The molecule has 0 heterocycles. The van der Waals surface area contributed by atoms with Crippen LogP contribution in [0.15, 0.2) is 16.6 Å². The summed E-state index contributed by atoms with van der Waals surface area (Å²) in [6.45, 7) is 0.560. The molecule has 0 aromatic heterocycles. The summed E-state index contributed by atoms with van der Waals surface area (Å²) in [6.07, 6.45) is 3.21. The Morgan fingerprint density at radius 1 is 1.35 bits per heavy atom. The van der Waals surface area contributed by atoms with Crippen molar-refractivity contribution in [2.75, 3.05) is 14.2 Å². The highest BCUT2D eigenvalue weighted by Gasteiger charge is 2.38. The SMILES string of the molecule is COCc1cc(Br)cc(OC)c1C1(N)CCC1. The minimum atomic E-state index is -0.236. The maximum absolute atomic E-state index is 6.43. The van der Waals surface area contributed by atoms with Crippen LogP contribution in [-0.4, -0.2) is 14.2 Å². The van der Waals surface area contributed by atoms with Gasteiger partial charge in [0.15, 0.2) is 0 Å². The van der Waals surface area contributed by atoms with E-state index < -0.39 is 0 Å². The van der Waals surface area contributed by atoms with Crippen molar-refractivity contribution >= 4 is 15.9 Å². The topological polar surface area (TPSA) is 44.5 Å². The minimum Gasteiger partial charge on any atom is -0.496 e. The number of halogens is 1. The Kier molecular flexibility index (Phi) is 3.76. The molecule has 17 heavy (non-hydrogen) atoms. The van der Waals surface area contributed by atoms with Gasteiger partial charge >= 0.3 is 0 Å². The maximum atomic E-state index is 6.43. The van der Waals surface area contributed by atoms with Gasteiger partial charge in [0.05, 0.1) is 13.7 Å². The number of nitrogens with two attached hydrogens (primary N) is 1. The van der Waals surface area contributed by atoms with Crippen LogP contribution in [0.25, 0.3) is 0 Å². The molecule has 1 fully saturated rings. The van der Waals surface area contributed by atoms with Gasteiger partial charge in [0.25, 0.3) is 0 Å². The maximum Gasteiger partial charge on any atom is 0.125 e. The first kappa shape index (κ1) is 12.9. The van der Waals surface area contributed by atoms with E-state index >= 15 is 0 Å². The molecule has 0 bridgehead atoms. The Hall–Kier alpha value is -0.580. The Morgan fingerprint density at radius 3 is 2.53 bits per heavy atom. The molecular weight excluding hydrogens is 282 g/mol. The normalized spacial score (nSPS) is 17.6. The molecule has 0 amide bonds. The van der Waals surface area contributed by atoms with Crippen molar-refractivity contribution in [2.24, 2.45) is 5.73 Å². The molecule has 0 aliphatic heterocycles. The van der Waals surface area contributed by atoms with Gasteiger partial charge in [0.2, 0.25) is 0 Å². The van der Waals surface area contributed by atoms with Gasteiger partial charge in [-0.3, -0.25) is 0 Å². The van der Waals surface area contributed by atoms with Crippen molar-refractivity contribution < 1.29 is 9.47 Å². The van der Waals surface area contributed by atoms with Gasteiger partial charge in [0.1, 0.15) is 5.75 Å². The molecule has 2 rings (SSSR count). The molecule has 1 aliphatic rings. The van der Waals surface area contributed by atoms with Crippen molar-refractivity contribution in [2.45, 2.75) is 31.4 Å². The summed E-state index contributed by atoms with van der Waals surface area (Å²) >= 11 is 3.49. The molecule has 1 aromatic rings. The Balaban J connectivity index is 2.52. The highest BCUT2D eigenvalue weighted by atomic mass is 79.9. The van der Waals surface area contributed by atoms with Gasteiger partial charge in [0, 0.05) is 22.7 Å². The molecule has 94 valence electrons. The van der Waals surface area contributed by atoms with Crippen LogP contribution >= 0.6 is 15.9 Å². The second kappa shape index (κ2) is 4.96. The van der Waals surface area contributed by atoms with Gasteiger partial charge in [-0.1, -0.05) is 15.9 Å². The predicted octanol–water partition coefficient (Wildman–Crippen LogP) is 2.94. The molecule has 3 nitrogen and oxygen atoms in total. The summed E-state index contributed by atoms with van der Waals surface area (Å²) in [4.78, 5) is 0. The standard InChI is InChI=1S/C13H18BrNO2/c1-16-8-9-6-10(14)7-11(17-2)12(9)13(15)4-3-5-13/h6-7H,3-5,8,15H2,1-2H3. The molecule has 0 saturated heterocycles. The lowest BCUT2D eigenvalue weighted by atomic mass is 9.71. The summed E-state index contributed by atoms with van der Waals surface area (Å²) in [5, 5.41) is 0. The van der Waals surface area contributed by atoms with E-state index in [1.165, 1.54) is 6.42 Å². The fourth-order valence-electron chi connectivity index (χ4n) is 2.44. The van der Waals surface area contributed by atoms with Crippen LogP contribution in [-0.2, 0) is 16.9 Å². The van der Waals surface area contributed by atoms with E-state index in [0.717, 1.165) is 34.2 Å².